The van der Waals surface area contributed by atoms with E-state index in [0.29, 0.717) is 37.2 Å². The lowest BCUT2D eigenvalue weighted by Gasteiger charge is -2.33. The van der Waals surface area contributed by atoms with E-state index in [1.165, 1.54) is 0 Å². The van der Waals surface area contributed by atoms with Crippen molar-refractivity contribution in [1.82, 2.24) is 10.2 Å². The normalized spacial score (nSPS) is 15.8. The van der Waals surface area contributed by atoms with Gasteiger partial charge in [-0.2, -0.15) is 0 Å². The molecule has 0 bridgehead atoms. The quantitative estimate of drug-likeness (QED) is 0.774. The van der Waals surface area contributed by atoms with Crippen LogP contribution in [0.3, 0.4) is 0 Å². The lowest BCUT2D eigenvalue weighted by atomic mass is 9.96. The molecule has 1 aromatic carbocycles. The Kier molecular flexibility index (Phi) is 6.92. The molecule has 1 aliphatic rings. The van der Waals surface area contributed by atoms with Crippen LogP contribution in [-0.2, 0) is 26.1 Å². The number of nitrogens with zero attached hydrogens (tertiary/aromatic N) is 1. The molecule has 8 nitrogen and oxygen atoms in total. The van der Waals surface area contributed by atoms with Crippen molar-refractivity contribution in [2.45, 2.75) is 45.8 Å². The zero-order valence-electron chi connectivity index (χ0n) is 16.8. The van der Waals surface area contributed by atoms with Gasteiger partial charge in [0.2, 0.25) is 15.9 Å². The second-order valence-electron chi connectivity index (χ2n) is 7.99. The first-order valence-corrected chi connectivity index (χ1v) is 11.1. The Balaban J connectivity index is 1.87. The molecule has 0 radical (unpaired) electrons. The molecule has 1 heterocycles. The van der Waals surface area contributed by atoms with Gasteiger partial charge in [0.05, 0.1) is 11.9 Å². The van der Waals surface area contributed by atoms with Crippen LogP contribution in [-0.4, -0.2) is 50.3 Å². The molecule has 0 unspecified atom stereocenters. The van der Waals surface area contributed by atoms with Gasteiger partial charge in [0.25, 0.3) is 0 Å². The molecule has 1 fully saturated rings. The summed E-state index contributed by atoms with van der Waals surface area (Å²) in [6, 6.07) is 6.93. The van der Waals surface area contributed by atoms with Gasteiger partial charge in [0.15, 0.2) is 0 Å². The van der Waals surface area contributed by atoms with Gasteiger partial charge in [-0.05, 0) is 45.2 Å². The number of carbonyl (C=O) groups is 2. The molecule has 0 aromatic heterocycles. The van der Waals surface area contributed by atoms with Crippen LogP contribution in [0, 0.1) is 5.92 Å². The topological polar surface area (TPSA) is 105 Å². The Morgan fingerprint density at radius 1 is 1.18 bits per heavy atom. The second-order valence-corrected chi connectivity index (χ2v) is 9.74. The largest absolute Gasteiger partial charge is 0.444 e. The fraction of sp³-hybridized carbons (Fsp3) is 0.579. The lowest BCUT2D eigenvalue weighted by molar-refractivity contribution is -0.126. The molecule has 2 N–H and O–H groups in total. The Morgan fingerprint density at radius 2 is 1.79 bits per heavy atom. The SMILES string of the molecule is CC(C)(C)OC(=O)N1CCC(C(=O)NCc2ccccc2NS(C)(=O)=O)CC1. The average molecular weight is 412 g/mol. The van der Waals surface area contributed by atoms with Crippen LogP contribution < -0.4 is 10.0 Å². The monoisotopic (exact) mass is 411 g/mol. The third-order valence-electron chi connectivity index (χ3n) is 4.28. The van der Waals surface area contributed by atoms with Crippen molar-refractivity contribution in [2.24, 2.45) is 5.92 Å². The summed E-state index contributed by atoms with van der Waals surface area (Å²) in [5.74, 6) is -0.285. The Labute approximate surface area is 166 Å². The number of nitrogens with one attached hydrogen (secondary N) is 2. The summed E-state index contributed by atoms with van der Waals surface area (Å²) in [4.78, 5) is 26.2. The summed E-state index contributed by atoms with van der Waals surface area (Å²) in [6.07, 6.45) is 1.86. The van der Waals surface area contributed by atoms with Gasteiger partial charge in [-0.25, -0.2) is 13.2 Å². The molecule has 156 valence electrons. The third-order valence-corrected chi connectivity index (χ3v) is 4.87. The number of ether oxygens (including phenoxy) is 1. The summed E-state index contributed by atoms with van der Waals surface area (Å²) in [5, 5.41) is 2.87. The van der Waals surface area contributed by atoms with E-state index in [1.54, 1.807) is 29.2 Å². The summed E-state index contributed by atoms with van der Waals surface area (Å²) in [7, 11) is -3.40. The highest BCUT2D eigenvalue weighted by Gasteiger charge is 2.29. The molecule has 9 heteroatoms. The highest BCUT2D eigenvalue weighted by atomic mass is 32.2. The highest BCUT2D eigenvalue weighted by molar-refractivity contribution is 7.92. The van der Waals surface area contributed by atoms with Crippen molar-refractivity contribution >= 4 is 27.7 Å². The number of piperidine rings is 1. The summed E-state index contributed by atoms with van der Waals surface area (Å²) in [6.45, 7) is 6.63. The molecular weight excluding hydrogens is 382 g/mol. The molecule has 0 aliphatic carbocycles. The number of carbonyl (C=O) groups excluding carboxylic acids is 2. The fourth-order valence-electron chi connectivity index (χ4n) is 2.95. The van der Waals surface area contributed by atoms with Crippen LogP contribution in [0.4, 0.5) is 10.5 Å². The van der Waals surface area contributed by atoms with E-state index in [-0.39, 0.29) is 24.5 Å². The molecule has 2 amide bonds. The smallest absolute Gasteiger partial charge is 0.410 e. The predicted octanol–water partition coefficient (Wildman–Crippen LogP) is 2.32. The third kappa shape index (κ3) is 7.03. The van der Waals surface area contributed by atoms with E-state index < -0.39 is 15.6 Å². The number of para-hydroxylation sites is 1. The van der Waals surface area contributed by atoms with Crippen molar-refractivity contribution in [1.29, 1.82) is 0 Å². The van der Waals surface area contributed by atoms with Crippen LogP contribution in [0.15, 0.2) is 24.3 Å². The van der Waals surface area contributed by atoms with Gasteiger partial charge in [-0.1, -0.05) is 18.2 Å². The summed E-state index contributed by atoms with van der Waals surface area (Å²) >= 11 is 0. The van der Waals surface area contributed by atoms with Gasteiger partial charge in [-0.3, -0.25) is 9.52 Å². The van der Waals surface area contributed by atoms with Gasteiger partial charge >= 0.3 is 6.09 Å². The van der Waals surface area contributed by atoms with E-state index in [9.17, 15) is 18.0 Å². The maximum Gasteiger partial charge on any atom is 0.410 e. The van der Waals surface area contributed by atoms with Crippen LogP contribution in [0.5, 0.6) is 0 Å². The number of rotatable bonds is 5. The lowest BCUT2D eigenvalue weighted by Crippen LogP contribution is -2.44. The van der Waals surface area contributed by atoms with Crippen molar-refractivity contribution in [3.05, 3.63) is 29.8 Å². The molecule has 1 aliphatic heterocycles. The highest BCUT2D eigenvalue weighted by Crippen LogP contribution is 2.21. The van der Waals surface area contributed by atoms with Crippen molar-refractivity contribution in [3.63, 3.8) is 0 Å². The van der Waals surface area contributed by atoms with Crippen LogP contribution in [0.1, 0.15) is 39.2 Å². The minimum atomic E-state index is -3.40. The summed E-state index contributed by atoms with van der Waals surface area (Å²) < 4.78 is 30.8. The molecule has 0 saturated carbocycles. The molecule has 0 atom stereocenters. The fourth-order valence-corrected chi connectivity index (χ4v) is 3.55. The summed E-state index contributed by atoms with van der Waals surface area (Å²) in [5.41, 5.74) is 0.594. The predicted molar refractivity (Wildman–Crippen MR) is 107 cm³/mol. The number of anilines is 1. The minimum Gasteiger partial charge on any atom is -0.444 e. The van der Waals surface area contributed by atoms with Crippen molar-refractivity contribution in [2.75, 3.05) is 24.1 Å². The minimum absolute atomic E-state index is 0.0991. The van der Waals surface area contributed by atoms with Crippen molar-refractivity contribution < 1.29 is 22.7 Å². The maximum absolute atomic E-state index is 12.5. The van der Waals surface area contributed by atoms with Gasteiger partial charge in [-0.15, -0.1) is 0 Å². The van der Waals surface area contributed by atoms with E-state index in [0.717, 1.165) is 6.26 Å². The van der Waals surface area contributed by atoms with E-state index in [1.807, 2.05) is 20.8 Å². The Morgan fingerprint density at radius 3 is 2.36 bits per heavy atom. The first-order chi connectivity index (χ1) is 12.9. The Bertz CT molecular complexity index is 809. The average Bonchev–Trinajstić information content (AvgIpc) is 2.58. The molecule has 2 rings (SSSR count). The molecule has 1 saturated heterocycles. The number of hydrogen-bond acceptors (Lipinski definition) is 5. The number of amides is 2. The maximum atomic E-state index is 12.5. The first kappa shape index (κ1) is 22.0. The van der Waals surface area contributed by atoms with Crippen LogP contribution in [0.2, 0.25) is 0 Å². The molecule has 0 spiro atoms. The van der Waals surface area contributed by atoms with Gasteiger partial charge in [0.1, 0.15) is 5.60 Å². The molecule has 1 aromatic rings. The standard InChI is InChI=1S/C19H29N3O5S/c1-19(2,3)27-18(24)22-11-9-14(10-12-22)17(23)20-13-15-7-5-6-8-16(15)21-28(4,25)26/h5-8,14,21H,9-13H2,1-4H3,(H,20,23). The second kappa shape index (κ2) is 8.81. The zero-order chi connectivity index (χ0) is 20.9. The van der Waals surface area contributed by atoms with Crippen molar-refractivity contribution in [3.8, 4) is 0 Å². The zero-order valence-corrected chi connectivity index (χ0v) is 17.6. The first-order valence-electron chi connectivity index (χ1n) is 9.26. The Hall–Kier alpha value is -2.29. The number of benzene rings is 1. The van der Waals surface area contributed by atoms with Gasteiger partial charge < -0.3 is 15.0 Å². The van der Waals surface area contributed by atoms with Crippen LogP contribution in [0.25, 0.3) is 0 Å². The number of likely N-dealkylation sites (tertiary alicyclic amines) is 1. The van der Waals surface area contributed by atoms with E-state index in [4.69, 9.17) is 4.74 Å². The molecular formula is C19H29N3O5S. The van der Waals surface area contributed by atoms with E-state index in [2.05, 4.69) is 10.0 Å². The van der Waals surface area contributed by atoms with Crippen LogP contribution >= 0.6 is 0 Å². The van der Waals surface area contributed by atoms with Gasteiger partial charge in [0, 0.05) is 25.6 Å². The number of sulfonamides is 1. The van der Waals surface area contributed by atoms with E-state index >= 15 is 0 Å². The molecule has 28 heavy (non-hydrogen) atoms. The number of hydrogen-bond donors (Lipinski definition) is 2.